The fourth-order valence-electron chi connectivity index (χ4n) is 2.03. The van der Waals surface area contributed by atoms with Gasteiger partial charge in [-0.2, -0.15) is 0 Å². The first-order valence-electron chi connectivity index (χ1n) is 6.33. The summed E-state index contributed by atoms with van der Waals surface area (Å²) < 4.78 is 2.34. The smallest absolute Gasteiger partial charge is 0.0456 e. The van der Waals surface area contributed by atoms with E-state index in [1.807, 2.05) is 11.3 Å². The summed E-state index contributed by atoms with van der Waals surface area (Å²) in [5.41, 5.74) is 1.36. The molecule has 0 saturated heterocycles. The van der Waals surface area contributed by atoms with Crippen molar-refractivity contribution in [1.29, 1.82) is 0 Å². The van der Waals surface area contributed by atoms with Crippen LogP contribution in [0.15, 0.2) is 39.3 Å². The summed E-state index contributed by atoms with van der Waals surface area (Å²) in [6.07, 6.45) is 1.02. The second-order valence-corrected chi connectivity index (χ2v) is 7.55. The summed E-state index contributed by atoms with van der Waals surface area (Å²) in [6, 6.07) is 11.2. The molecule has 0 fully saturated rings. The third-order valence-corrected chi connectivity index (χ3v) is 5.80. The summed E-state index contributed by atoms with van der Waals surface area (Å²) in [7, 11) is 0. The van der Waals surface area contributed by atoms with Gasteiger partial charge in [-0.3, -0.25) is 0 Å². The van der Waals surface area contributed by atoms with Crippen LogP contribution in [0.25, 0.3) is 0 Å². The summed E-state index contributed by atoms with van der Waals surface area (Å²) >= 11 is 8.95. The number of hydrogen-bond acceptors (Lipinski definition) is 2. The van der Waals surface area contributed by atoms with E-state index in [1.54, 1.807) is 0 Å². The van der Waals surface area contributed by atoms with Crippen molar-refractivity contribution in [2.45, 2.75) is 26.3 Å². The Morgan fingerprint density at radius 1 is 1.21 bits per heavy atom. The van der Waals surface area contributed by atoms with Crippen molar-refractivity contribution < 1.29 is 0 Å². The SMILES string of the molecule is CCNC(Cc1ccc(Br)cc1)c1cc(Br)c(C)s1. The number of halogens is 2. The summed E-state index contributed by atoms with van der Waals surface area (Å²) in [5.74, 6) is 0. The molecule has 0 amide bonds. The molecule has 1 atom stereocenters. The highest BCUT2D eigenvalue weighted by atomic mass is 79.9. The van der Waals surface area contributed by atoms with E-state index in [4.69, 9.17) is 0 Å². The van der Waals surface area contributed by atoms with Gasteiger partial charge in [-0.15, -0.1) is 11.3 Å². The molecule has 1 N–H and O–H groups in total. The Bertz CT molecular complexity index is 514. The Balaban J connectivity index is 2.18. The predicted octanol–water partition coefficient (Wildman–Crippen LogP) is 5.47. The van der Waals surface area contributed by atoms with E-state index in [9.17, 15) is 0 Å². The van der Waals surface area contributed by atoms with Crippen molar-refractivity contribution in [2.75, 3.05) is 6.54 Å². The Labute approximate surface area is 135 Å². The van der Waals surface area contributed by atoms with Crippen molar-refractivity contribution in [2.24, 2.45) is 0 Å². The van der Waals surface area contributed by atoms with Crippen LogP contribution in [0.3, 0.4) is 0 Å². The standard InChI is InChI=1S/C15H17Br2NS/c1-3-18-14(15-9-13(17)10(2)19-15)8-11-4-6-12(16)7-5-11/h4-7,9,14,18H,3,8H2,1-2H3. The molecule has 1 heterocycles. The zero-order valence-corrected chi connectivity index (χ0v) is 15.0. The first-order chi connectivity index (χ1) is 9.10. The first kappa shape index (κ1) is 15.2. The molecule has 1 aromatic carbocycles. The second kappa shape index (κ2) is 7.02. The molecule has 0 saturated carbocycles. The van der Waals surface area contributed by atoms with Gasteiger partial charge >= 0.3 is 0 Å². The van der Waals surface area contributed by atoms with Gasteiger partial charge in [0.2, 0.25) is 0 Å². The Kier molecular flexibility index (Phi) is 5.63. The summed E-state index contributed by atoms with van der Waals surface area (Å²) in [5, 5.41) is 3.58. The van der Waals surface area contributed by atoms with Gasteiger partial charge in [-0.1, -0.05) is 35.0 Å². The number of nitrogens with one attached hydrogen (secondary N) is 1. The van der Waals surface area contributed by atoms with Gasteiger partial charge < -0.3 is 5.32 Å². The number of thiophene rings is 1. The van der Waals surface area contributed by atoms with Crippen LogP contribution in [0.1, 0.15) is 28.3 Å². The van der Waals surface area contributed by atoms with E-state index in [0.717, 1.165) is 17.4 Å². The lowest BCUT2D eigenvalue weighted by atomic mass is 10.0. The molecule has 0 radical (unpaired) electrons. The molecule has 2 rings (SSSR count). The maximum absolute atomic E-state index is 3.61. The topological polar surface area (TPSA) is 12.0 Å². The van der Waals surface area contributed by atoms with Gasteiger partial charge in [0.1, 0.15) is 0 Å². The highest BCUT2D eigenvalue weighted by molar-refractivity contribution is 9.10. The highest BCUT2D eigenvalue weighted by Gasteiger charge is 2.15. The van der Waals surface area contributed by atoms with Gasteiger partial charge in [-0.25, -0.2) is 0 Å². The number of rotatable bonds is 5. The molecule has 0 bridgehead atoms. The van der Waals surface area contributed by atoms with Crippen LogP contribution in [-0.2, 0) is 6.42 Å². The molecule has 0 aliphatic carbocycles. The van der Waals surface area contributed by atoms with Crippen LogP contribution in [-0.4, -0.2) is 6.54 Å². The Hall–Kier alpha value is -0.160. The van der Waals surface area contributed by atoms with Crippen molar-refractivity contribution >= 4 is 43.2 Å². The maximum atomic E-state index is 3.61. The number of hydrogen-bond donors (Lipinski definition) is 1. The average Bonchev–Trinajstić information content (AvgIpc) is 2.72. The predicted molar refractivity (Wildman–Crippen MR) is 91.0 cm³/mol. The van der Waals surface area contributed by atoms with Gasteiger partial charge in [0.05, 0.1) is 0 Å². The Morgan fingerprint density at radius 2 is 1.89 bits per heavy atom. The minimum absolute atomic E-state index is 0.390. The normalized spacial score (nSPS) is 12.6. The van der Waals surface area contributed by atoms with E-state index >= 15 is 0 Å². The van der Waals surface area contributed by atoms with E-state index in [1.165, 1.54) is 19.8 Å². The van der Waals surface area contributed by atoms with Crippen molar-refractivity contribution in [3.63, 3.8) is 0 Å². The average molecular weight is 403 g/mol. The van der Waals surface area contributed by atoms with Crippen LogP contribution in [0, 0.1) is 6.92 Å². The van der Waals surface area contributed by atoms with Crippen molar-refractivity contribution in [3.05, 3.63) is 54.6 Å². The minimum Gasteiger partial charge on any atom is -0.309 e. The van der Waals surface area contributed by atoms with Gasteiger partial charge in [0, 0.05) is 24.7 Å². The maximum Gasteiger partial charge on any atom is 0.0456 e. The summed E-state index contributed by atoms with van der Waals surface area (Å²) in [4.78, 5) is 2.74. The zero-order valence-electron chi connectivity index (χ0n) is 11.0. The highest BCUT2D eigenvalue weighted by Crippen LogP contribution is 2.32. The monoisotopic (exact) mass is 401 g/mol. The number of benzene rings is 1. The van der Waals surface area contributed by atoms with Crippen LogP contribution >= 0.6 is 43.2 Å². The lowest BCUT2D eigenvalue weighted by Crippen LogP contribution is -2.22. The quantitative estimate of drug-likeness (QED) is 0.698. The molecule has 1 nitrogen and oxygen atoms in total. The Morgan fingerprint density at radius 3 is 2.42 bits per heavy atom. The molecule has 102 valence electrons. The van der Waals surface area contributed by atoms with Gasteiger partial charge in [-0.05, 0) is 59.6 Å². The van der Waals surface area contributed by atoms with E-state index in [0.29, 0.717) is 6.04 Å². The molecule has 0 aliphatic heterocycles. The molecule has 1 unspecified atom stereocenters. The minimum atomic E-state index is 0.390. The van der Waals surface area contributed by atoms with E-state index in [-0.39, 0.29) is 0 Å². The molecule has 0 spiro atoms. The van der Waals surface area contributed by atoms with Crippen molar-refractivity contribution in [1.82, 2.24) is 5.32 Å². The molecule has 1 aromatic heterocycles. The molecule has 4 heteroatoms. The van der Waals surface area contributed by atoms with Crippen molar-refractivity contribution in [3.8, 4) is 0 Å². The van der Waals surface area contributed by atoms with Crippen LogP contribution in [0.4, 0.5) is 0 Å². The molecule has 0 aliphatic rings. The van der Waals surface area contributed by atoms with E-state index < -0.39 is 0 Å². The van der Waals surface area contributed by atoms with Gasteiger partial charge in [0.25, 0.3) is 0 Å². The largest absolute Gasteiger partial charge is 0.309 e. The third kappa shape index (κ3) is 4.15. The molecule has 19 heavy (non-hydrogen) atoms. The third-order valence-electron chi connectivity index (χ3n) is 3.02. The van der Waals surface area contributed by atoms with Crippen LogP contribution in [0.2, 0.25) is 0 Å². The fraction of sp³-hybridized carbons (Fsp3) is 0.333. The van der Waals surface area contributed by atoms with E-state index in [2.05, 4.69) is 81.4 Å². The van der Waals surface area contributed by atoms with Crippen LogP contribution < -0.4 is 5.32 Å². The lowest BCUT2D eigenvalue weighted by molar-refractivity contribution is 0.558. The molecule has 2 aromatic rings. The number of aryl methyl sites for hydroxylation is 1. The first-order valence-corrected chi connectivity index (χ1v) is 8.74. The lowest BCUT2D eigenvalue weighted by Gasteiger charge is -2.16. The fourth-order valence-corrected chi connectivity index (χ4v) is 3.93. The molecular weight excluding hydrogens is 386 g/mol. The van der Waals surface area contributed by atoms with Crippen LogP contribution in [0.5, 0.6) is 0 Å². The molecular formula is C15H17Br2NS. The van der Waals surface area contributed by atoms with Gasteiger partial charge in [0.15, 0.2) is 0 Å². The number of likely N-dealkylation sites (N-methyl/N-ethyl adjacent to an activating group) is 1. The summed E-state index contributed by atoms with van der Waals surface area (Å²) in [6.45, 7) is 5.29. The second-order valence-electron chi connectivity index (χ2n) is 4.49. The zero-order chi connectivity index (χ0) is 13.8.